The summed E-state index contributed by atoms with van der Waals surface area (Å²) in [4.78, 5) is -1.49. The van der Waals surface area contributed by atoms with Gasteiger partial charge in [-0.05, 0) is 59.7 Å². The summed E-state index contributed by atoms with van der Waals surface area (Å²) in [7, 11) is -14.0. The van der Waals surface area contributed by atoms with E-state index in [1.54, 1.807) is 0 Å². The molecule has 7 N–H and O–H groups in total. The minimum atomic E-state index is -4.80. The summed E-state index contributed by atoms with van der Waals surface area (Å²) in [6, 6.07) is 14.0. The highest BCUT2D eigenvalue weighted by Crippen LogP contribution is 2.34. The average Bonchev–Trinajstić information content (AvgIpc) is 2.86. The van der Waals surface area contributed by atoms with Crippen LogP contribution in [0.15, 0.2) is 91.6 Å². The van der Waals surface area contributed by atoms with Crippen LogP contribution in [-0.4, -0.2) is 38.9 Å². The van der Waals surface area contributed by atoms with Crippen LogP contribution in [0.2, 0.25) is 0 Å². The van der Waals surface area contributed by atoms with E-state index in [0.717, 1.165) is 18.2 Å². The number of benzene rings is 4. The molecular weight excluding hydrogens is 584 g/mol. The van der Waals surface area contributed by atoms with E-state index in [1.165, 1.54) is 60.7 Å². The first-order valence-electron chi connectivity index (χ1n) is 10.9. The van der Waals surface area contributed by atoms with Crippen molar-refractivity contribution in [1.82, 2.24) is 0 Å². The van der Waals surface area contributed by atoms with Crippen LogP contribution < -0.4 is 11.5 Å². The Kier molecular flexibility index (Phi) is 7.50. The molecule has 0 atom stereocenters. The van der Waals surface area contributed by atoms with Crippen molar-refractivity contribution >= 4 is 76.0 Å². The minimum Gasteiger partial charge on any atom is -0.399 e. The summed E-state index contributed by atoms with van der Waals surface area (Å²) >= 11 is 0. The highest BCUT2D eigenvalue weighted by molar-refractivity contribution is 7.86. The smallest absolute Gasteiger partial charge is 0.295 e. The molecule has 0 saturated heterocycles. The Morgan fingerprint density at radius 1 is 0.600 bits per heavy atom. The summed E-state index contributed by atoms with van der Waals surface area (Å²) in [5, 5.41) is 8.71. The first-order valence-corrected chi connectivity index (χ1v) is 15.2. The van der Waals surface area contributed by atoms with Crippen LogP contribution in [0.4, 0.5) is 22.7 Å². The molecule has 208 valence electrons. The van der Waals surface area contributed by atoms with Gasteiger partial charge in [0.25, 0.3) is 30.4 Å². The zero-order valence-electron chi connectivity index (χ0n) is 20.1. The number of rotatable bonds is 7. The molecule has 40 heavy (non-hydrogen) atoms. The lowest BCUT2D eigenvalue weighted by Crippen LogP contribution is -2.02. The Morgan fingerprint density at radius 3 is 1.80 bits per heavy atom. The molecule has 4 aromatic rings. The SMILES string of the molecule is Nc1ccc(/C=C/c2ccc(/N=N/c3ccc(N)c4ccc(S(=O)(=O)O)cc34)cc2S(=O)(=O)O)c(S(=O)(=O)O)c1. The quantitative estimate of drug-likeness (QED) is 0.0860. The molecule has 0 aliphatic rings. The molecule has 4 aromatic carbocycles. The predicted octanol–water partition coefficient (Wildman–Crippen LogP) is 4.33. The molecule has 0 fully saturated rings. The second-order valence-electron chi connectivity index (χ2n) is 8.36. The van der Waals surface area contributed by atoms with Gasteiger partial charge in [0.05, 0.1) is 16.3 Å². The molecule has 0 aliphatic carbocycles. The molecule has 0 amide bonds. The molecule has 0 bridgehead atoms. The van der Waals surface area contributed by atoms with Gasteiger partial charge in [0, 0.05) is 22.1 Å². The Balaban J connectivity index is 1.77. The molecule has 0 radical (unpaired) electrons. The molecule has 0 unspecified atom stereocenters. The minimum absolute atomic E-state index is 0.00115. The van der Waals surface area contributed by atoms with Crippen molar-refractivity contribution in [2.75, 3.05) is 11.5 Å². The molecular formula is C24H20N4O9S3. The van der Waals surface area contributed by atoms with Gasteiger partial charge in [0.2, 0.25) is 0 Å². The lowest BCUT2D eigenvalue weighted by atomic mass is 10.1. The maximum absolute atomic E-state index is 12.1. The van der Waals surface area contributed by atoms with E-state index in [2.05, 4.69) is 10.2 Å². The van der Waals surface area contributed by atoms with Crippen molar-refractivity contribution in [3.63, 3.8) is 0 Å². The summed E-state index contributed by atoms with van der Waals surface area (Å²) in [5.74, 6) is 0. The van der Waals surface area contributed by atoms with Gasteiger partial charge in [-0.2, -0.15) is 30.4 Å². The van der Waals surface area contributed by atoms with E-state index in [9.17, 15) is 38.9 Å². The van der Waals surface area contributed by atoms with Crippen LogP contribution in [0.25, 0.3) is 22.9 Å². The molecule has 0 heterocycles. The molecule has 13 nitrogen and oxygen atoms in total. The maximum atomic E-state index is 12.1. The standard InChI is InChI=1S/C24H20N4O9S3/c25-16-5-3-14(23(11-16)39(32,33)34)1-2-15-4-6-17(12-24(15)40(35,36)37)27-28-22-10-9-21(26)19-8-7-18(13-20(19)22)38(29,30)31/h1-13H,25-26H2,(H,29,30,31)(H,32,33,34)(H,35,36,37)/b2-1+,28-27+. The van der Waals surface area contributed by atoms with Crippen LogP contribution in [0.5, 0.6) is 0 Å². The summed E-state index contributed by atoms with van der Waals surface area (Å²) in [6.07, 6.45) is 2.41. The van der Waals surface area contributed by atoms with Gasteiger partial charge in [-0.1, -0.05) is 30.4 Å². The van der Waals surface area contributed by atoms with Gasteiger partial charge < -0.3 is 11.5 Å². The topological polar surface area (TPSA) is 240 Å². The van der Waals surface area contributed by atoms with Crippen molar-refractivity contribution in [3.8, 4) is 0 Å². The Hall–Kier alpha value is -4.19. The molecule has 0 aliphatic heterocycles. The lowest BCUT2D eigenvalue weighted by molar-refractivity contribution is 0.480. The Morgan fingerprint density at radius 2 is 1.20 bits per heavy atom. The normalized spacial score (nSPS) is 13.0. The number of hydrogen-bond donors (Lipinski definition) is 5. The number of fused-ring (bicyclic) bond motifs is 1. The fourth-order valence-corrected chi connectivity index (χ4v) is 5.66. The molecule has 16 heteroatoms. The number of nitrogens with zero attached hydrogens (tertiary/aromatic N) is 2. The second-order valence-corrected chi connectivity index (χ2v) is 12.6. The van der Waals surface area contributed by atoms with E-state index in [1.807, 2.05) is 0 Å². The predicted molar refractivity (Wildman–Crippen MR) is 148 cm³/mol. The Bertz CT molecular complexity index is 2060. The third kappa shape index (κ3) is 6.33. The van der Waals surface area contributed by atoms with Gasteiger partial charge in [-0.25, -0.2) is 0 Å². The second kappa shape index (κ2) is 10.4. The highest BCUT2D eigenvalue weighted by atomic mass is 32.2. The van der Waals surface area contributed by atoms with Crippen LogP contribution in [0.3, 0.4) is 0 Å². The van der Waals surface area contributed by atoms with E-state index < -0.39 is 45.0 Å². The van der Waals surface area contributed by atoms with E-state index in [0.29, 0.717) is 11.1 Å². The lowest BCUT2D eigenvalue weighted by Gasteiger charge is -2.07. The summed E-state index contributed by atoms with van der Waals surface area (Å²) in [6.45, 7) is 0. The zero-order valence-corrected chi connectivity index (χ0v) is 22.5. The van der Waals surface area contributed by atoms with Crippen molar-refractivity contribution in [2.45, 2.75) is 14.7 Å². The van der Waals surface area contributed by atoms with Crippen molar-refractivity contribution in [1.29, 1.82) is 0 Å². The molecule has 0 saturated carbocycles. The van der Waals surface area contributed by atoms with Gasteiger partial charge in [-0.3, -0.25) is 13.7 Å². The number of nitrogen functional groups attached to an aromatic ring is 2. The van der Waals surface area contributed by atoms with Crippen LogP contribution in [0, 0.1) is 0 Å². The fraction of sp³-hybridized carbons (Fsp3) is 0. The molecule has 0 aromatic heterocycles. The van der Waals surface area contributed by atoms with Crippen molar-refractivity contribution in [3.05, 3.63) is 77.9 Å². The van der Waals surface area contributed by atoms with E-state index in [4.69, 9.17) is 11.5 Å². The first kappa shape index (κ1) is 28.8. The number of nitrogens with two attached hydrogens (primary N) is 2. The van der Waals surface area contributed by atoms with Gasteiger partial charge >= 0.3 is 0 Å². The number of azo groups is 1. The molecule has 4 rings (SSSR count). The monoisotopic (exact) mass is 604 g/mol. The third-order valence-electron chi connectivity index (χ3n) is 5.60. The largest absolute Gasteiger partial charge is 0.399 e. The third-order valence-corrected chi connectivity index (χ3v) is 8.27. The maximum Gasteiger partial charge on any atom is 0.295 e. The van der Waals surface area contributed by atoms with Crippen LogP contribution in [0.1, 0.15) is 11.1 Å². The number of anilines is 2. The van der Waals surface area contributed by atoms with Crippen molar-refractivity contribution < 1.29 is 38.9 Å². The van der Waals surface area contributed by atoms with E-state index >= 15 is 0 Å². The van der Waals surface area contributed by atoms with Crippen LogP contribution in [-0.2, 0) is 30.4 Å². The van der Waals surface area contributed by atoms with Gasteiger partial charge in [-0.15, -0.1) is 5.11 Å². The van der Waals surface area contributed by atoms with Crippen LogP contribution >= 0.6 is 0 Å². The highest BCUT2D eigenvalue weighted by Gasteiger charge is 2.18. The number of hydrogen-bond acceptors (Lipinski definition) is 10. The molecule has 0 spiro atoms. The van der Waals surface area contributed by atoms with Crippen molar-refractivity contribution in [2.24, 2.45) is 10.2 Å². The van der Waals surface area contributed by atoms with E-state index in [-0.39, 0.29) is 33.6 Å². The zero-order chi connectivity index (χ0) is 29.5. The summed E-state index contributed by atoms with van der Waals surface area (Å²) in [5.41, 5.74) is 12.0. The van der Waals surface area contributed by atoms with Gasteiger partial charge in [0.1, 0.15) is 9.79 Å². The Labute approximate surface area is 228 Å². The first-order chi connectivity index (χ1) is 18.5. The van der Waals surface area contributed by atoms with Gasteiger partial charge in [0.15, 0.2) is 0 Å². The summed E-state index contributed by atoms with van der Waals surface area (Å²) < 4.78 is 99.4. The fourth-order valence-electron chi connectivity index (χ4n) is 3.73. The average molecular weight is 605 g/mol.